The van der Waals surface area contributed by atoms with Gasteiger partial charge in [-0.1, -0.05) is 17.7 Å². The molecule has 0 unspecified atom stereocenters. The lowest BCUT2D eigenvalue weighted by molar-refractivity contribution is -0.117. The molecule has 19 heavy (non-hydrogen) atoms. The highest BCUT2D eigenvalue weighted by molar-refractivity contribution is 6.31. The van der Waals surface area contributed by atoms with E-state index in [2.05, 4.69) is 5.32 Å². The van der Waals surface area contributed by atoms with Crippen molar-refractivity contribution in [1.82, 2.24) is 4.90 Å². The number of carbonyl (C=O) groups is 1. The van der Waals surface area contributed by atoms with Gasteiger partial charge in [0.15, 0.2) is 0 Å². The minimum Gasteiger partial charge on any atom is -0.395 e. The van der Waals surface area contributed by atoms with Crippen LogP contribution < -0.4 is 5.32 Å². The highest BCUT2D eigenvalue weighted by atomic mass is 35.5. The Kier molecular flexibility index (Phi) is 4.80. The molecule has 0 aromatic heterocycles. The van der Waals surface area contributed by atoms with Gasteiger partial charge in [-0.3, -0.25) is 9.69 Å². The summed E-state index contributed by atoms with van der Waals surface area (Å²) in [6.45, 7) is 3.22. The molecule has 104 valence electrons. The number of rotatable bonds is 4. The Morgan fingerprint density at radius 3 is 3.05 bits per heavy atom. The fourth-order valence-corrected chi connectivity index (χ4v) is 2.55. The van der Waals surface area contributed by atoms with Gasteiger partial charge >= 0.3 is 0 Å². The standard InChI is InChI=1S/C14H19ClN2O2/c1-10-4-5-11(7-13(10)15)16-14(19)8-17-6-2-3-12(17)9-18/h4-5,7,12,18H,2-3,6,8-9H2,1H3,(H,16,19)/t12-/m0/s1. The molecular weight excluding hydrogens is 264 g/mol. The number of aliphatic hydroxyl groups is 1. The number of amides is 1. The number of aryl methyl sites for hydroxylation is 1. The number of hydrogen-bond acceptors (Lipinski definition) is 3. The quantitative estimate of drug-likeness (QED) is 0.889. The smallest absolute Gasteiger partial charge is 0.238 e. The minimum absolute atomic E-state index is 0.0692. The molecule has 1 atom stereocenters. The van der Waals surface area contributed by atoms with E-state index in [0.717, 1.165) is 24.9 Å². The van der Waals surface area contributed by atoms with Gasteiger partial charge in [0.1, 0.15) is 0 Å². The molecule has 5 heteroatoms. The van der Waals surface area contributed by atoms with Crippen LogP contribution in [0.5, 0.6) is 0 Å². The maximum atomic E-state index is 11.9. The van der Waals surface area contributed by atoms with Crippen molar-refractivity contribution < 1.29 is 9.90 Å². The van der Waals surface area contributed by atoms with Crippen molar-refractivity contribution in [3.05, 3.63) is 28.8 Å². The van der Waals surface area contributed by atoms with Gasteiger partial charge in [0.25, 0.3) is 0 Å². The summed E-state index contributed by atoms with van der Waals surface area (Å²) in [6, 6.07) is 5.59. The number of carbonyl (C=O) groups excluding carboxylic acids is 1. The molecule has 1 aliphatic heterocycles. The number of nitrogens with zero attached hydrogens (tertiary/aromatic N) is 1. The molecule has 1 amide bonds. The van der Waals surface area contributed by atoms with Crippen LogP contribution in [-0.2, 0) is 4.79 Å². The van der Waals surface area contributed by atoms with Gasteiger partial charge in [-0.2, -0.15) is 0 Å². The highest BCUT2D eigenvalue weighted by Gasteiger charge is 2.25. The Morgan fingerprint density at radius 2 is 2.37 bits per heavy atom. The Hall–Kier alpha value is -1.10. The Labute approximate surface area is 118 Å². The van der Waals surface area contributed by atoms with E-state index < -0.39 is 0 Å². The van der Waals surface area contributed by atoms with Crippen molar-refractivity contribution in [2.24, 2.45) is 0 Å². The molecule has 2 N–H and O–H groups in total. The van der Waals surface area contributed by atoms with Crippen LogP contribution in [0.4, 0.5) is 5.69 Å². The third-order valence-electron chi connectivity index (χ3n) is 3.51. The number of halogens is 1. The third kappa shape index (κ3) is 3.69. The number of nitrogens with one attached hydrogen (secondary N) is 1. The molecular formula is C14H19ClN2O2. The Balaban J connectivity index is 1.92. The zero-order valence-electron chi connectivity index (χ0n) is 11.0. The second-order valence-corrected chi connectivity index (χ2v) is 5.37. The largest absolute Gasteiger partial charge is 0.395 e. The van der Waals surface area contributed by atoms with E-state index in [1.807, 2.05) is 24.0 Å². The van der Waals surface area contributed by atoms with E-state index in [1.165, 1.54) is 0 Å². The molecule has 0 spiro atoms. The molecule has 0 saturated carbocycles. The van der Waals surface area contributed by atoms with Crippen LogP contribution >= 0.6 is 11.6 Å². The first-order valence-electron chi connectivity index (χ1n) is 6.51. The first-order chi connectivity index (χ1) is 9.10. The second kappa shape index (κ2) is 6.37. The van der Waals surface area contributed by atoms with Gasteiger partial charge in [-0.05, 0) is 44.0 Å². The molecule has 0 aliphatic carbocycles. The number of hydrogen-bond donors (Lipinski definition) is 2. The maximum Gasteiger partial charge on any atom is 0.238 e. The molecule has 1 aromatic carbocycles. The van der Waals surface area contributed by atoms with Crippen LogP contribution in [0.2, 0.25) is 5.02 Å². The summed E-state index contributed by atoms with van der Waals surface area (Å²) < 4.78 is 0. The lowest BCUT2D eigenvalue weighted by Gasteiger charge is -2.21. The Morgan fingerprint density at radius 1 is 1.58 bits per heavy atom. The average Bonchev–Trinajstić information content (AvgIpc) is 2.81. The van der Waals surface area contributed by atoms with E-state index in [1.54, 1.807) is 6.07 Å². The van der Waals surface area contributed by atoms with Gasteiger partial charge in [-0.15, -0.1) is 0 Å². The first kappa shape index (κ1) is 14.3. The van der Waals surface area contributed by atoms with E-state index in [4.69, 9.17) is 11.6 Å². The lowest BCUT2D eigenvalue weighted by atomic mass is 10.2. The number of likely N-dealkylation sites (tertiary alicyclic amines) is 1. The van der Waals surface area contributed by atoms with E-state index in [9.17, 15) is 9.90 Å². The summed E-state index contributed by atoms with van der Waals surface area (Å²) >= 11 is 6.02. The molecule has 4 nitrogen and oxygen atoms in total. The summed E-state index contributed by atoms with van der Waals surface area (Å²) in [6.07, 6.45) is 2.00. The van der Waals surface area contributed by atoms with Crippen LogP contribution in [0, 0.1) is 6.92 Å². The fraction of sp³-hybridized carbons (Fsp3) is 0.500. The van der Waals surface area contributed by atoms with Gasteiger partial charge in [0.05, 0.1) is 13.2 Å². The summed E-state index contributed by atoms with van der Waals surface area (Å²) in [5.74, 6) is -0.0692. The summed E-state index contributed by atoms with van der Waals surface area (Å²) in [7, 11) is 0. The summed E-state index contributed by atoms with van der Waals surface area (Å²) in [4.78, 5) is 14.0. The average molecular weight is 283 g/mol. The van der Waals surface area contributed by atoms with E-state index in [-0.39, 0.29) is 18.6 Å². The van der Waals surface area contributed by atoms with Crippen LogP contribution in [0.15, 0.2) is 18.2 Å². The normalized spacial score (nSPS) is 19.6. The van der Waals surface area contributed by atoms with Crippen LogP contribution in [-0.4, -0.2) is 41.7 Å². The molecule has 0 radical (unpaired) electrons. The molecule has 1 fully saturated rings. The number of anilines is 1. The fourth-order valence-electron chi connectivity index (χ4n) is 2.37. The van der Waals surface area contributed by atoms with Crippen LogP contribution in [0.25, 0.3) is 0 Å². The Bertz CT molecular complexity index is 465. The van der Waals surface area contributed by atoms with Crippen LogP contribution in [0.1, 0.15) is 18.4 Å². The molecule has 2 rings (SSSR count). The van der Waals surface area contributed by atoms with Crippen molar-refractivity contribution >= 4 is 23.2 Å². The monoisotopic (exact) mass is 282 g/mol. The zero-order chi connectivity index (χ0) is 13.8. The highest BCUT2D eigenvalue weighted by Crippen LogP contribution is 2.20. The molecule has 1 aliphatic rings. The van der Waals surface area contributed by atoms with E-state index in [0.29, 0.717) is 17.3 Å². The maximum absolute atomic E-state index is 11.9. The molecule has 0 bridgehead atoms. The summed E-state index contributed by atoms with van der Waals surface area (Å²) in [5, 5.41) is 12.7. The minimum atomic E-state index is -0.0692. The number of benzene rings is 1. The SMILES string of the molecule is Cc1ccc(NC(=O)CN2CCC[C@H]2CO)cc1Cl. The first-order valence-corrected chi connectivity index (χ1v) is 6.89. The van der Waals surface area contributed by atoms with Crippen molar-refractivity contribution in [3.8, 4) is 0 Å². The topological polar surface area (TPSA) is 52.6 Å². The number of aliphatic hydroxyl groups excluding tert-OH is 1. The third-order valence-corrected chi connectivity index (χ3v) is 3.92. The van der Waals surface area contributed by atoms with Crippen LogP contribution in [0.3, 0.4) is 0 Å². The predicted octanol–water partition coefficient (Wildman–Crippen LogP) is 2.04. The second-order valence-electron chi connectivity index (χ2n) is 4.96. The van der Waals surface area contributed by atoms with Crippen molar-refractivity contribution in [1.29, 1.82) is 0 Å². The van der Waals surface area contributed by atoms with E-state index >= 15 is 0 Å². The van der Waals surface area contributed by atoms with Crippen molar-refractivity contribution in [2.45, 2.75) is 25.8 Å². The van der Waals surface area contributed by atoms with Gasteiger partial charge in [0, 0.05) is 16.8 Å². The van der Waals surface area contributed by atoms with Gasteiger partial charge in [0.2, 0.25) is 5.91 Å². The predicted molar refractivity (Wildman–Crippen MR) is 76.5 cm³/mol. The molecule has 1 heterocycles. The zero-order valence-corrected chi connectivity index (χ0v) is 11.8. The summed E-state index contributed by atoms with van der Waals surface area (Å²) in [5.41, 5.74) is 1.69. The lowest BCUT2D eigenvalue weighted by Crippen LogP contribution is -2.38. The van der Waals surface area contributed by atoms with Gasteiger partial charge < -0.3 is 10.4 Å². The molecule has 1 aromatic rings. The van der Waals surface area contributed by atoms with Crippen molar-refractivity contribution in [3.63, 3.8) is 0 Å². The molecule has 1 saturated heterocycles. The van der Waals surface area contributed by atoms with Gasteiger partial charge in [-0.25, -0.2) is 0 Å². The van der Waals surface area contributed by atoms with Crippen molar-refractivity contribution in [2.75, 3.05) is 25.0 Å².